The van der Waals surface area contributed by atoms with Gasteiger partial charge in [-0.3, -0.25) is 0 Å². The molecule has 1 rings (SSSR count). The Hall–Kier alpha value is -1.93. The Balaban J connectivity index is 2.83. The first kappa shape index (κ1) is 10.2. The molecule has 0 saturated carbocycles. The van der Waals surface area contributed by atoms with Crippen LogP contribution in [-0.2, 0) is 4.74 Å². The second kappa shape index (κ2) is 4.94. The second-order valence-corrected chi connectivity index (χ2v) is 2.25. The van der Waals surface area contributed by atoms with Crippen molar-refractivity contribution in [2.45, 2.75) is 0 Å². The molecule has 0 aromatic carbocycles. The third kappa shape index (κ3) is 2.54. The van der Waals surface area contributed by atoms with Gasteiger partial charge in [-0.25, -0.2) is 14.8 Å². The van der Waals surface area contributed by atoms with Gasteiger partial charge in [-0.05, 0) is 0 Å². The number of aliphatic hydroxyl groups excluding tert-OH is 1. The lowest BCUT2D eigenvalue weighted by Gasteiger charge is -1.95. The van der Waals surface area contributed by atoms with Crippen LogP contribution in [0, 0.1) is 11.8 Å². The molecule has 0 aliphatic heterocycles. The maximum absolute atomic E-state index is 10.9. The number of carbonyl (C=O) groups is 1. The van der Waals surface area contributed by atoms with E-state index in [1.165, 1.54) is 19.5 Å². The number of hydrogen-bond donors (Lipinski definition) is 1. The van der Waals surface area contributed by atoms with E-state index in [4.69, 9.17) is 5.11 Å². The number of esters is 1. The third-order valence-corrected chi connectivity index (χ3v) is 1.33. The van der Waals surface area contributed by atoms with Crippen LogP contribution in [0.2, 0.25) is 0 Å². The van der Waals surface area contributed by atoms with Gasteiger partial charge in [-0.2, -0.15) is 0 Å². The van der Waals surface area contributed by atoms with Gasteiger partial charge in [0.1, 0.15) is 6.61 Å². The van der Waals surface area contributed by atoms with Gasteiger partial charge in [-0.15, -0.1) is 0 Å². The number of carbonyl (C=O) groups excluding carboxylic acids is 1. The van der Waals surface area contributed by atoms with E-state index in [-0.39, 0.29) is 12.4 Å². The second-order valence-electron chi connectivity index (χ2n) is 2.25. The fraction of sp³-hybridized carbons (Fsp3) is 0.222. The molecule has 0 radical (unpaired) electrons. The van der Waals surface area contributed by atoms with Gasteiger partial charge in [-0.1, -0.05) is 11.8 Å². The number of aromatic nitrogens is 2. The number of nitrogens with zero attached hydrogens (tertiary/aromatic N) is 2. The molecule has 0 saturated heterocycles. The van der Waals surface area contributed by atoms with Gasteiger partial charge < -0.3 is 9.84 Å². The number of methoxy groups -OCH3 is 1. The van der Waals surface area contributed by atoms with E-state index in [2.05, 4.69) is 26.5 Å². The van der Waals surface area contributed by atoms with Crippen molar-refractivity contribution >= 4 is 5.97 Å². The van der Waals surface area contributed by atoms with Crippen LogP contribution < -0.4 is 0 Å². The minimum absolute atomic E-state index is 0.0120. The van der Waals surface area contributed by atoms with Crippen molar-refractivity contribution in [1.29, 1.82) is 0 Å². The number of rotatable bonds is 1. The first-order valence-corrected chi connectivity index (χ1v) is 3.78. The maximum Gasteiger partial charge on any atom is 0.376 e. The Kier molecular flexibility index (Phi) is 3.58. The average molecular weight is 192 g/mol. The first-order valence-electron chi connectivity index (χ1n) is 3.78. The normalized spacial score (nSPS) is 8.71. The Labute approximate surface area is 80.8 Å². The lowest BCUT2D eigenvalue weighted by molar-refractivity contribution is 0.0586. The number of ether oxygens (including phenoxy) is 1. The molecule has 0 unspecified atom stereocenters. The standard InChI is InChI=1S/C9H8N2O3/c1-14-9(13)8-10-5-7(6-11-8)3-2-4-12/h5-6,12H,4H2,1H3. The summed E-state index contributed by atoms with van der Waals surface area (Å²) in [5, 5.41) is 8.42. The van der Waals surface area contributed by atoms with Crippen LogP contribution in [0.4, 0.5) is 0 Å². The van der Waals surface area contributed by atoms with Gasteiger partial charge >= 0.3 is 5.97 Å². The van der Waals surface area contributed by atoms with Crippen LogP contribution in [0.15, 0.2) is 12.4 Å². The van der Waals surface area contributed by atoms with E-state index in [0.29, 0.717) is 5.56 Å². The lowest BCUT2D eigenvalue weighted by atomic mass is 10.3. The SMILES string of the molecule is COC(=O)c1ncc(C#CCO)cn1. The van der Waals surface area contributed by atoms with Crippen molar-refractivity contribution in [3.05, 3.63) is 23.8 Å². The summed E-state index contributed by atoms with van der Waals surface area (Å²) >= 11 is 0. The van der Waals surface area contributed by atoms with Gasteiger partial charge in [0.2, 0.25) is 5.82 Å². The van der Waals surface area contributed by atoms with E-state index < -0.39 is 5.97 Å². The van der Waals surface area contributed by atoms with Gasteiger partial charge in [0.05, 0.1) is 12.7 Å². The Morgan fingerprint density at radius 2 is 2.21 bits per heavy atom. The van der Waals surface area contributed by atoms with E-state index >= 15 is 0 Å². The number of hydrogen-bond acceptors (Lipinski definition) is 5. The third-order valence-electron chi connectivity index (χ3n) is 1.33. The summed E-state index contributed by atoms with van der Waals surface area (Å²) in [5.74, 6) is 4.43. The van der Waals surface area contributed by atoms with E-state index in [9.17, 15) is 4.79 Å². The summed E-state index contributed by atoms with van der Waals surface area (Å²) in [6, 6.07) is 0. The summed E-state index contributed by atoms with van der Waals surface area (Å²) in [6.45, 7) is -0.223. The molecule has 5 heteroatoms. The van der Waals surface area contributed by atoms with Crippen molar-refractivity contribution in [3.63, 3.8) is 0 Å². The lowest BCUT2D eigenvalue weighted by Crippen LogP contribution is -2.06. The predicted molar refractivity (Wildman–Crippen MR) is 47.3 cm³/mol. The summed E-state index contributed by atoms with van der Waals surface area (Å²) in [7, 11) is 1.26. The largest absolute Gasteiger partial charge is 0.463 e. The Bertz CT molecular complexity index is 375. The molecule has 0 aliphatic carbocycles. The van der Waals surface area contributed by atoms with E-state index in [0.717, 1.165) is 0 Å². The molecule has 0 amide bonds. The summed E-state index contributed by atoms with van der Waals surface area (Å²) in [4.78, 5) is 18.4. The van der Waals surface area contributed by atoms with Crippen molar-refractivity contribution in [3.8, 4) is 11.8 Å². The zero-order valence-corrected chi connectivity index (χ0v) is 7.52. The quantitative estimate of drug-likeness (QED) is 0.484. The maximum atomic E-state index is 10.9. The molecule has 0 aliphatic rings. The average Bonchev–Trinajstić information content (AvgIpc) is 2.26. The molecule has 1 aromatic heterocycles. The van der Waals surface area contributed by atoms with Crippen molar-refractivity contribution in [1.82, 2.24) is 9.97 Å². The van der Waals surface area contributed by atoms with Crippen LogP contribution in [0.5, 0.6) is 0 Å². The highest BCUT2D eigenvalue weighted by Crippen LogP contribution is 1.95. The molecule has 72 valence electrons. The highest BCUT2D eigenvalue weighted by atomic mass is 16.5. The highest BCUT2D eigenvalue weighted by molar-refractivity contribution is 5.84. The monoisotopic (exact) mass is 192 g/mol. The van der Waals surface area contributed by atoms with Crippen LogP contribution in [-0.4, -0.2) is 34.8 Å². The van der Waals surface area contributed by atoms with Crippen LogP contribution >= 0.6 is 0 Å². The molecule has 0 bridgehead atoms. The topological polar surface area (TPSA) is 72.3 Å². The molecule has 5 nitrogen and oxygen atoms in total. The number of aliphatic hydroxyl groups is 1. The fourth-order valence-corrected chi connectivity index (χ4v) is 0.731. The molecule has 1 N–H and O–H groups in total. The molecule has 1 heterocycles. The van der Waals surface area contributed by atoms with Crippen molar-refractivity contribution < 1.29 is 14.6 Å². The van der Waals surface area contributed by atoms with Crippen LogP contribution in [0.1, 0.15) is 16.2 Å². The molecular weight excluding hydrogens is 184 g/mol. The van der Waals surface area contributed by atoms with Crippen LogP contribution in [0.3, 0.4) is 0 Å². The first-order chi connectivity index (χ1) is 6.77. The smallest absolute Gasteiger partial charge is 0.376 e. The molecule has 1 aromatic rings. The molecule has 0 atom stereocenters. The molecule has 0 fully saturated rings. The summed E-state index contributed by atoms with van der Waals surface area (Å²) < 4.78 is 4.42. The Morgan fingerprint density at radius 1 is 1.57 bits per heavy atom. The molecule has 14 heavy (non-hydrogen) atoms. The summed E-state index contributed by atoms with van der Waals surface area (Å²) in [5.41, 5.74) is 0.534. The van der Waals surface area contributed by atoms with E-state index in [1.807, 2.05) is 0 Å². The fourth-order valence-electron chi connectivity index (χ4n) is 0.731. The zero-order chi connectivity index (χ0) is 10.4. The van der Waals surface area contributed by atoms with Gasteiger partial charge in [0, 0.05) is 12.4 Å². The van der Waals surface area contributed by atoms with Gasteiger partial charge in [0.25, 0.3) is 0 Å². The van der Waals surface area contributed by atoms with Gasteiger partial charge in [0.15, 0.2) is 0 Å². The minimum atomic E-state index is -0.591. The predicted octanol–water partition coefficient (Wildman–Crippen LogP) is -0.393. The van der Waals surface area contributed by atoms with E-state index in [1.54, 1.807) is 0 Å². The molecular formula is C9H8N2O3. The highest BCUT2D eigenvalue weighted by Gasteiger charge is 2.07. The molecule has 0 spiro atoms. The minimum Gasteiger partial charge on any atom is -0.463 e. The van der Waals surface area contributed by atoms with Crippen LogP contribution in [0.25, 0.3) is 0 Å². The van der Waals surface area contributed by atoms with Crippen molar-refractivity contribution in [2.24, 2.45) is 0 Å². The van der Waals surface area contributed by atoms with Crippen molar-refractivity contribution in [2.75, 3.05) is 13.7 Å². The zero-order valence-electron chi connectivity index (χ0n) is 7.52. The Morgan fingerprint density at radius 3 is 2.71 bits per heavy atom. The summed E-state index contributed by atoms with van der Waals surface area (Å²) in [6.07, 6.45) is 2.78.